The van der Waals surface area contributed by atoms with Gasteiger partial charge >= 0.3 is 0 Å². The van der Waals surface area contributed by atoms with Gasteiger partial charge in [-0.15, -0.1) is 0 Å². The zero-order chi connectivity index (χ0) is 17.8. The van der Waals surface area contributed by atoms with E-state index in [0.717, 1.165) is 30.2 Å². The van der Waals surface area contributed by atoms with Crippen LogP contribution in [-0.2, 0) is 6.54 Å². The number of benzene rings is 1. The number of carbonyl (C=O) groups is 1. The maximum absolute atomic E-state index is 12.6. The fraction of sp³-hybridized carbons (Fsp3) is 0.250. The van der Waals surface area contributed by atoms with Crippen molar-refractivity contribution >= 4 is 11.7 Å². The number of pyridine rings is 1. The molecule has 3 aromatic rings. The number of carbonyl (C=O) groups excluding carboxylic acids is 1. The van der Waals surface area contributed by atoms with Crippen molar-refractivity contribution in [3.63, 3.8) is 0 Å². The fourth-order valence-corrected chi connectivity index (χ4v) is 3.22. The molecule has 0 radical (unpaired) electrons. The topological polar surface area (TPSA) is 63.1 Å². The van der Waals surface area contributed by atoms with Crippen LogP contribution in [0, 0.1) is 0 Å². The highest BCUT2D eigenvalue weighted by Gasteiger charge is 2.15. The number of amides is 1. The summed E-state index contributed by atoms with van der Waals surface area (Å²) in [5, 5.41) is 2.98. The van der Waals surface area contributed by atoms with Crippen LogP contribution in [0.3, 0.4) is 0 Å². The maximum atomic E-state index is 12.6. The van der Waals surface area contributed by atoms with E-state index in [1.165, 1.54) is 12.8 Å². The lowest BCUT2D eigenvalue weighted by atomic mass is 10.2. The van der Waals surface area contributed by atoms with Crippen LogP contribution in [0.1, 0.15) is 28.9 Å². The Labute approximate surface area is 152 Å². The second-order valence-electron chi connectivity index (χ2n) is 6.38. The van der Waals surface area contributed by atoms with Gasteiger partial charge in [0.1, 0.15) is 11.5 Å². The van der Waals surface area contributed by atoms with E-state index in [1.54, 1.807) is 17.1 Å². The third kappa shape index (κ3) is 3.44. The summed E-state index contributed by atoms with van der Waals surface area (Å²) in [7, 11) is 0. The Balaban J connectivity index is 1.45. The summed E-state index contributed by atoms with van der Waals surface area (Å²) in [4.78, 5) is 23.5. The normalized spacial score (nSPS) is 13.8. The van der Waals surface area contributed by atoms with Crippen molar-refractivity contribution in [3.8, 4) is 5.69 Å². The van der Waals surface area contributed by atoms with Crippen molar-refractivity contribution in [2.24, 2.45) is 0 Å². The van der Waals surface area contributed by atoms with Gasteiger partial charge < -0.3 is 10.2 Å². The number of para-hydroxylation sites is 1. The average molecular weight is 347 g/mol. The van der Waals surface area contributed by atoms with E-state index in [-0.39, 0.29) is 5.91 Å². The van der Waals surface area contributed by atoms with E-state index in [2.05, 4.69) is 26.3 Å². The summed E-state index contributed by atoms with van der Waals surface area (Å²) in [5.74, 6) is 0.842. The highest BCUT2D eigenvalue weighted by atomic mass is 16.1. The lowest BCUT2D eigenvalue weighted by Crippen LogP contribution is -2.25. The van der Waals surface area contributed by atoms with E-state index in [0.29, 0.717) is 12.2 Å². The standard InChI is InChI=1S/C20H21N5O/c26-20(18-14-21-15-25(18)17-6-2-1-3-7-17)23-13-16-8-9-22-19(12-16)24-10-4-5-11-24/h1-3,6-9,12,14-15H,4-5,10-11,13H2,(H,23,26). The van der Waals surface area contributed by atoms with Crippen LogP contribution >= 0.6 is 0 Å². The number of hydrogen-bond acceptors (Lipinski definition) is 4. The number of anilines is 1. The minimum Gasteiger partial charge on any atom is -0.357 e. The van der Waals surface area contributed by atoms with Gasteiger partial charge in [-0.3, -0.25) is 9.36 Å². The van der Waals surface area contributed by atoms with Crippen LogP contribution in [0.15, 0.2) is 61.2 Å². The minimum absolute atomic E-state index is 0.147. The predicted octanol–water partition coefficient (Wildman–Crippen LogP) is 2.80. The monoisotopic (exact) mass is 347 g/mol. The predicted molar refractivity (Wildman–Crippen MR) is 100 cm³/mol. The van der Waals surface area contributed by atoms with Gasteiger partial charge in [0.05, 0.1) is 12.5 Å². The van der Waals surface area contributed by atoms with Crippen molar-refractivity contribution in [3.05, 3.63) is 72.4 Å². The molecule has 4 rings (SSSR count). The van der Waals surface area contributed by atoms with Gasteiger partial charge in [0.2, 0.25) is 0 Å². The molecule has 0 unspecified atom stereocenters. The lowest BCUT2D eigenvalue weighted by molar-refractivity contribution is 0.0944. The molecule has 1 saturated heterocycles. The maximum Gasteiger partial charge on any atom is 0.270 e. The number of aromatic nitrogens is 3. The Morgan fingerprint density at radius 1 is 1.12 bits per heavy atom. The molecule has 1 aliphatic rings. The quantitative estimate of drug-likeness (QED) is 0.771. The molecule has 3 heterocycles. The molecule has 2 aromatic heterocycles. The molecule has 6 nitrogen and oxygen atoms in total. The SMILES string of the molecule is O=C(NCc1ccnc(N2CCCC2)c1)c1cncn1-c1ccccc1. The average Bonchev–Trinajstić information content (AvgIpc) is 3.39. The van der Waals surface area contributed by atoms with Crippen molar-refractivity contribution in [1.82, 2.24) is 19.9 Å². The third-order valence-corrected chi connectivity index (χ3v) is 4.60. The summed E-state index contributed by atoms with van der Waals surface area (Å²) in [6.07, 6.45) is 7.48. The Morgan fingerprint density at radius 2 is 1.92 bits per heavy atom. The van der Waals surface area contributed by atoms with Crippen molar-refractivity contribution in [1.29, 1.82) is 0 Å². The van der Waals surface area contributed by atoms with Crippen LogP contribution in [0.4, 0.5) is 5.82 Å². The lowest BCUT2D eigenvalue weighted by Gasteiger charge is -2.17. The van der Waals surface area contributed by atoms with E-state index < -0.39 is 0 Å². The number of imidazole rings is 1. The highest BCUT2D eigenvalue weighted by Crippen LogP contribution is 2.18. The van der Waals surface area contributed by atoms with Gasteiger partial charge in [-0.2, -0.15) is 0 Å². The number of nitrogens with one attached hydrogen (secondary N) is 1. The van der Waals surface area contributed by atoms with Gasteiger partial charge in [0.25, 0.3) is 5.91 Å². The van der Waals surface area contributed by atoms with E-state index in [1.807, 2.05) is 42.6 Å². The Hall–Kier alpha value is -3.15. The summed E-state index contributed by atoms with van der Waals surface area (Å²) in [6.45, 7) is 2.57. The summed E-state index contributed by atoms with van der Waals surface area (Å²) >= 11 is 0. The zero-order valence-electron chi connectivity index (χ0n) is 14.5. The van der Waals surface area contributed by atoms with Crippen LogP contribution in [0.5, 0.6) is 0 Å². The molecule has 132 valence electrons. The first-order valence-corrected chi connectivity index (χ1v) is 8.87. The van der Waals surface area contributed by atoms with Gasteiger partial charge in [-0.1, -0.05) is 18.2 Å². The molecule has 0 bridgehead atoms. The fourth-order valence-electron chi connectivity index (χ4n) is 3.22. The van der Waals surface area contributed by atoms with Crippen molar-refractivity contribution < 1.29 is 4.79 Å². The van der Waals surface area contributed by atoms with Crippen LogP contribution < -0.4 is 10.2 Å². The molecule has 1 aromatic carbocycles. The third-order valence-electron chi connectivity index (χ3n) is 4.60. The second kappa shape index (κ2) is 7.39. The zero-order valence-corrected chi connectivity index (χ0v) is 14.5. The molecule has 0 spiro atoms. The van der Waals surface area contributed by atoms with Crippen molar-refractivity contribution in [2.75, 3.05) is 18.0 Å². The van der Waals surface area contributed by atoms with Crippen LogP contribution in [0.25, 0.3) is 5.69 Å². The summed E-state index contributed by atoms with van der Waals surface area (Å²) in [6, 6.07) is 13.7. The van der Waals surface area contributed by atoms with Gasteiger partial charge in [0, 0.05) is 31.5 Å². The van der Waals surface area contributed by atoms with Gasteiger partial charge in [-0.05, 0) is 42.7 Å². The molecule has 0 saturated carbocycles. The largest absolute Gasteiger partial charge is 0.357 e. The molecule has 0 atom stereocenters. The molecule has 1 aliphatic heterocycles. The number of hydrogen-bond donors (Lipinski definition) is 1. The Kier molecular flexibility index (Phi) is 4.64. The Morgan fingerprint density at radius 3 is 2.73 bits per heavy atom. The molecule has 1 fully saturated rings. The smallest absolute Gasteiger partial charge is 0.270 e. The van der Waals surface area contributed by atoms with Gasteiger partial charge in [-0.25, -0.2) is 9.97 Å². The first-order valence-electron chi connectivity index (χ1n) is 8.87. The summed E-state index contributed by atoms with van der Waals surface area (Å²) in [5.41, 5.74) is 2.47. The second-order valence-corrected chi connectivity index (χ2v) is 6.38. The first-order chi connectivity index (χ1) is 12.8. The number of nitrogens with zero attached hydrogens (tertiary/aromatic N) is 4. The number of rotatable bonds is 5. The molecule has 1 amide bonds. The van der Waals surface area contributed by atoms with Gasteiger partial charge in [0.15, 0.2) is 0 Å². The first kappa shape index (κ1) is 16.3. The van der Waals surface area contributed by atoms with E-state index in [9.17, 15) is 4.79 Å². The molecule has 1 N–H and O–H groups in total. The summed E-state index contributed by atoms with van der Waals surface area (Å²) < 4.78 is 1.79. The van der Waals surface area contributed by atoms with E-state index in [4.69, 9.17) is 0 Å². The molecule has 26 heavy (non-hydrogen) atoms. The van der Waals surface area contributed by atoms with Crippen LogP contribution in [-0.4, -0.2) is 33.5 Å². The molecular weight excluding hydrogens is 326 g/mol. The van der Waals surface area contributed by atoms with E-state index >= 15 is 0 Å². The minimum atomic E-state index is -0.147. The highest BCUT2D eigenvalue weighted by molar-refractivity contribution is 5.92. The van der Waals surface area contributed by atoms with Crippen molar-refractivity contribution in [2.45, 2.75) is 19.4 Å². The Bertz CT molecular complexity index is 884. The molecule has 0 aliphatic carbocycles. The molecular formula is C20H21N5O. The molecule has 6 heteroatoms. The van der Waals surface area contributed by atoms with Crippen LogP contribution in [0.2, 0.25) is 0 Å².